The van der Waals surface area contributed by atoms with Gasteiger partial charge in [-0.3, -0.25) is 14.1 Å². The van der Waals surface area contributed by atoms with E-state index in [0.29, 0.717) is 17.5 Å². The average Bonchev–Trinajstić information content (AvgIpc) is 3.37. The molecule has 3 fully saturated rings. The van der Waals surface area contributed by atoms with Gasteiger partial charge < -0.3 is 10.0 Å². The highest BCUT2D eigenvalue weighted by molar-refractivity contribution is 5.95. The van der Waals surface area contributed by atoms with E-state index in [0.717, 1.165) is 50.4 Å². The van der Waals surface area contributed by atoms with E-state index in [1.165, 1.54) is 12.8 Å². The summed E-state index contributed by atoms with van der Waals surface area (Å²) >= 11 is 0. The molecule has 0 spiro atoms. The van der Waals surface area contributed by atoms with Crippen LogP contribution in [0.3, 0.4) is 0 Å². The van der Waals surface area contributed by atoms with E-state index in [4.69, 9.17) is 0 Å². The molecule has 0 radical (unpaired) electrons. The summed E-state index contributed by atoms with van der Waals surface area (Å²) in [5.41, 5.74) is 2.29. The van der Waals surface area contributed by atoms with E-state index >= 15 is 0 Å². The van der Waals surface area contributed by atoms with Crippen molar-refractivity contribution >= 4 is 11.6 Å². The van der Waals surface area contributed by atoms with Gasteiger partial charge >= 0.3 is 0 Å². The van der Waals surface area contributed by atoms with Gasteiger partial charge in [0.05, 0.1) is 11.8 Å². The fraction of sp³-hybridized carbons (Fsp3) is 0.619. The van der Waals surface area contributed by atoms with E-state index in [9.17, 15) is 9.90 Å². The number of carbonyl (C=O) groups excluding carboxylic acids is 1. The molecule has 0 aromatic carbocycles. The van der Waals surface area contributed by atoms with Crippen molar-refractivity contribution in [3.8, 4) is 0 Å². The molecule has 5 rings (SSSR count). The highest BCUT2D eigenvalue weighted by Gasteiger charge is 2.45. The molecule has 1 saturated carbocycles. The molecule has 27 heavy (non-hydrogen) atoms. The maximum absolute atomic E-state index is 13.3. The summed E-state index contributed by atoms with van der Waals surface area (Å²) in [4.78, 5) is 22.3. The van der Waals surface area contributed by atoms with Gasteiger partial charge in [0.1, 0.15) is 11.3 Å². The van der Waals surface area contributed by atoms with Crippen molar-refractivity contribution in [2.45, 2.75) is 44.8 Å². The first-order valence-electron chi connectivity index (χ1n) is 10.3. The molecule has 2 aromatic rings. The number of pyridine rings is 1. The van der Waals surface area contributed by atoms with Crippen LogP contribution in [-0.2, 0) is 0 Å². The predicted octanol–water partition coefficient (Wildman–Crippen LogP) is 1.95. The second-order valence-electron chi connectivity index (χ2n) is 8.55. The number of imidazole rings is 1. The van der Waals surface area contributed by atoms with Crippen molar-refractivity contribution in [1.82, 2.24) is 19.2 Å². The van der Waals surface area contributed by atoms with Crippen molar-refractivity contribution in [2.75, 3.05) is 26.2 Å². The zero-order chi connectivity index (χ0) is 18.5. The van der Waals surface area contributed by atoms with Crippen LogP contribution in [0.25, 0.3) is 5.65 Å². The van der Waals surface area contributed by atoms with Gasteiger partial charge in [0.25, 0.3) is 5.91 Å². The van der Waals surface area contributed by atoms with Gasteiger partial charge in [0.2, 0.25) is 0 Å². The lowest BCUT2D eigenvalue weighted by Crippen LogP contribution is -2.48. The number of fused-ring (bicyclic) bond motifs is 2. The van der Waals surface area contributed by atoms with Gasteiger partial charge in [-0.25, -0.2) is 4.98 Å². The average molecular weight is 368 g/mol. The van der Waals surface area contributed by atoms with Gasteiger partial charge in [0.15, 0.2) is 0 Å². The first-order chi connectivity index (χ1) is 13.1. The number of rotatable bonds is 2. The highest BCUT2D eigenvalue weighted by Crippen LogP contribution is 2.39. The molecule has 2 saturated heterocycles. The molecule has 1 N–H and O–H groups in total. The monoisotopic (exact) mass is 368 g/mol. The molecule has 6 heteroatoms. The summed E-state index contributed by atoms with van der Waals surface area (Å²) in [7, 11) is 0. The minimum Gasteiger partial charge on any atom is -0.391 e. The molecule has 2 aliphatic heterocycles. The Hall–Kier alpha value is -1.92. The van der Waals surface area contributed by atoms with Gasteiger partial charge in [-0.05, 0) is 69.7 Å². The first kappa shape index (κ1) is 17.2. The molecule has 1 amide bonds. The fourth-order valence-electron chi connectivity index (χ4n) is 5.56. The number of aromatic nitrogens is 2. The van der Waals surface area contributed by atoms with E-state index in [1.54, 1.807) is 0 Å². The molecule has 6 nitrogen and oxygen atoms in total. The Morgan fingerprint density at radius 1 is 1.15 bits per heavy atom. The van der Waals surface area contributed by atoms with Gasteiger partial charge in [-0.1, -0.05) is 6.07 Å². The second kappa shape index (κ2) is 6.60. The summed E-state index contributed by atoms with van der Waals surface area (Å²) in [6.45, 7) is 5.70. The molecule has 1 aliphatic carbocycles. The number of aliphatic hydroxyl groups is 1. The Kier molecular flexibility index (Phi) is 4.20. The van der Waals surface area contributed by atoms with Crippen molar-refractivity contribution in [1.29, 1.82) is 0 Å². The summed E-state index contributed by atoms with van der Waals surface area (Å²) in [6.07, 6.45) is 5.99. The standard InChI is InChI=1S/C21H28N4O2/c1-14-20(25-9-3-2-6-19(25)22-14)21(27)24-12-15-10-17(23-7-4-5-8-23)18(26)11-16(15)13-24/h2-3,6,9,15-18,26H,4-5,7-8,10-13H2,1H3/t15-,16+,17-,18-/m1/s1. The lowest BCUT2D eigenvalue weighted by Gasteiger charge is -2.40. The number of amides is 1. The molecule has 4 atom stereocenters. The van der Waals surface area contributed by atoms with Crippen LogP contribution < -0.4 is 0 Å². The molecule has 0 bridgehead atoms. The predicted molar refractivity (Wildman–Crippen MR) is 103 cm³/mol. The quantitative estimate of drug-likeness (QED) is 0.880. The third-order valence-electron chi connectivity index (χ3n) is 6.91. The number of aryl methyl sites for hydroxylation is 1. The lowest BCUT2D eigenvalue weighted by atomic mass is 9.77. The first-order valence-corrected chi connectivity index (χ1v) is 10.3. The molecule has 2 aromatic heterocycles. The maximum atomic E-state index is 13.3. The Morgan fingerprint density at radius 3 is 2.67 bits per heavy atom. The molecule has 144 valence electrons. The normalized spacial score (nSPS) is 31.6. The van der Waals surface area contributed by atoms with Gasteiger partial charge in [-0.2, -0.15) is 0 Å². The van der Waals surface area contributed by atoms with Crippen LogP contribution in [0.4, 0.5) is 0 Å². The molecular weight excluding hydrogens is 340 g/mol. The summed E-state index contributed by atoms with van der Waals surface area (Å²) < 4.78 is 1.90. The number of nitrogens with zero attached hydrogens (tertiary/aromatic N) is 4. The van der Waals surface area contributed by atoms with Gasteiger partial charge in [-0.15, -0.1) is 0 Å². The van der Waals surface area contributed by atoms with E-state index in [-0.39, 0.29) is 18.1 Å². The number of aliphatic hydroxyl groups excluding tert-OH is 1. The third-order valence-corrected chi connectivity index (χ3v) is 6.91. The Labute approximate surface area is 159 Å². The van der Waals surface area contributed by atoms with Crippen molar-refractivity contribution in [3.63, 3.8) is 0 Å². The SMILES string of the molecule is Cc1nc2ccccn2c1C(=O)N1C[C@H]2C[C@@H](N3CCCC3)[C@H](O)C[C@H]2C1. The third kappa shape index (κ3) is 2.86. The summed E-state index contributed by atoms with van der Waals surface area (Å²) in [6, 6.07) is 6.10. The van der Waals surface area contributed by atoms with Gasteiger partial charge in [0, 0.05) is 25.3 Å². The van der Waals surface area contributed by atoms with Crippen LogP contribution in [0.1, 0.15) is 41.9 Å². The van der Waals surface area contributed by atoms with Crippen molar-refractivity contribution in [2.24, 2.45) is 11.8 Å². The van der Waals surface area contributed by atoms with Crippen LogP contribution in [0.15, 0.2) is 24.4 Å². The number of hydrogen-bond donors (Lipinski definition) is 1. The lowest BCUT2D eigenvalue weighted by molar-refractivity contribution is -0.000865. The zero-order valence-corrected chi connectivity index (χ0v) is 15.9. The minimum absolute atomic E-state index is 0.0767. The van der Waals surface area contributed by atoms with Crippen LogP contribution in [0.5, 0.6) is 0 Å². The number of likely N-dealkylation sites (tertiary alicyclic amines) is 2. The Morgan fingerprint density at radius 2 is 1.89 bits per heavy atom. The fourth-order valence-corrected chi connectivity index (χ4v) is 5.56. The van der Waals surface area contributed by atoms with E-state index in [2.05, 4.69) is 9.88 Å². The topological polar surface area (TPSA) is 61.1 Å². The Bertz CT molecular complexity index is 857. The minimum atomic E-state index is -0.253. The van der Waals surface area contributed by atoms with Crippen molar-refractivity contribution in [3.05, 3.63) is 35.8 Å². The van der Waals surface area contributed by atoms with E-state index < -0.39 is 0 Å². The van der Waals surface area contributed by atoms with Crippen LogP contribution in [-0.4, -0.2) is 68.5 Å². The van der Waals surface area contributed by atoms with Crippen LogP contribution in [0, 0.1) is 18.8 Å². The second-order valence-corrected chi connectivity index (χ2v) is 8.55. The molecular formula is C21H28N4O2. The summed E-state index contributed by atoms with van der Waals surface area (Å²) in [5, 5.41) is 10.7. The molecule has 3 aliphatic rings. The number of hydrogen-bond acceptors (Lipinski definition) is 4. The summed E-state index contributed by atoms with van der Waals surface area (Å²) in [5.74, 6) is 0.998. The molecule has 4 heterocycles. The van der Waals surface area contributed by atoms with Crippen LogP contribution >= 0.6 is 0 Å². The maximum Gasteiger partial charge on any atom is 0.272 e. The highest BCUT2D eigenvalue weighted by atomic mass is 16.3. The largest absolute Gasteiger partial charge is 0.391 e. The van der Waals surface area contributed by atoms with Crippen molar-refractivity contribution < 1.29 is 9.90 Å². The zero-order valence-electron chi connectivity index (χ0n) is 15.9. The number of carbonyl (C=O) groups is 1. The van der Waals surface area contributed by atoms with Crippen LogP contribution in [0.2, 0.25) is 0 Å². The Balaban J connectivity index is 1.36. The molecule has 0 unspecified atom stereocenters. The smallest absolute Gasteiger partial charge is 0.272 e. The van der Waals surface area contributed by atoms with E-state index in [1.807, 2.05) is 40.6 Å².